The third kappa shape index (κ3) is 5.90. The van der Waals surface area contributed by atoms with Crippen molar-refractivity contribution in [3.8, 4) is 0 Å². The Morgan fingerprint density at radius 3 is 2.47 bits per heavy atom. The van der Waals surface area contributed by atoms with Crippen LogP contribution in [0.2, 0.25) is 0 Å². The van der Waals surface area contributed by atoms with E-state index in [2.05, 4.69) is 39.6 Å². The van der Waals surface area contributed by atoms with E-state index in [1.54, 1.807) is 12.1 Å². The molecule has 2 aromatic carbocycles. The molecule has 2 aromatic rings. The maximum atomic E-state index is 12.9. The summed E-state index contributed by atoms with van der Waals surface area (Å²) >= 11 is 0. The number of hydrogen-bond acceptors (Lipinski definition) is 4. The van der Waals surface area contributed by atoms with Gasteiger partial charge in [-0.25, -0.2) is 0 Å². The second-order valence-electron chi connectivity index (χ2n) is 8.36. The van der Waals surface area contributed by atoms with Crippen molar-refractivity contribution in [3.63, 3.8) is 0 Å². The molecule has 3 rings (SSSR count). The molecule has 2 N–H and O–H groups in total. The average Bonchev–Trinajstić information content (AvgIpc) is 2.74. The highest BCUT2D eigenvalue weighted by Crippen LogP contribution is 2.25. The Balaban J connectivity index is 1.68. The van der Waals surface area contributed by atoms with Gasteiger partial charge in [-0.1, -0.05) is 56.3 Å². The molecule has 0 aliphatic carbocycles. The lowest BCUT2D eigenvalue weighted by Gasteiger charge is -2.40. The minimum Gasteiger partial charge on any atom is -0.352 e. The lowest BCUT2D eigenvalue weighted by molar-refractivity contribution is -0.118. The molecule has 160 valence electrons. The van der Waals surface area contributed by atoms with Crippen molar-refractivity contribution in [1.29, 1.82) is 0 Å². The number of nitrogens with zero attached hydrogens (tertiary/aromatic N) is 2. The summed E-state index contributed by atoms with van der Waals surface area (Å²) in [5.74, 6) is 0.0915. The Hall–Kier alpha value is -2.70. The zero-order chi connectivity index (χ0) is 21.5. The number of rotatable bonds is 7. The van der Waals surface area contributed by atoms with Crippen molar-refractivity contribution >= 4 is 17.5 Å². The van der Waals surface area contributed by atoms with Crippen molar-refractivity contribution in [2.75, 3.05) is 45.1 Å². The minimum absolute atomic E-state index is 0.107. The first-order valence-electron chi connectivity index (χ1n) is 10.6. The molecule has 1 fully saturated rings. The number of benzene rings is 2. The first kappa shape index (κ1) is 22.0. The van der Waals surface area contributed by atoms with Gasteiger partial charge in [0.25, 0.3) is 5.91 Å². The maximum Gasteiger partial charge on any atom is 0.253 e. The van der Waals surface area contributed by atoms with E-state index in [4.69, 9.17) is 0 Å². The molecular formula is C24H32N4O2. The van der Waals surface area contributed by atoms with Gasteiger partial charge in [0.1, 0.15) is 0 Å². The Morgan fingerprint density at radius 1 is 1.03 bits per heavy atom. The summed E-state index contributed by atoms with van der Waals surface area (Å²) in [6, 6.07) is 17.6. The number of carbonyl (C=O) groups is 2. The number of hydrogen-bond donors (Lipinski definition) is 2. The summed E-state index contributed by atoms with van der Waals surface area (Å²) in [4.78, 5) is 29.9. The normalized spacial score (nSPS) is 17.7. The van der Waals surface area contributed by atoms with Crippen LogP contribution in [0.1, 0.15) is 35.8 Å². The van der Waals surface area contributed by atoms with Gasteiger partial charge in [-0.2, -0.15) is 0 Å². The summed E-state index contributed by atoms with van der Waals surface area (Å²) in [6.45, 7) is 7.60. The molecule has 0 bridgehead atoms. The predicted molar refractivity (Wildman–Crippen MR) is 120 cm³/mol. The van der Waals surface area contributed by atoms with Crippen LogP contribution in [0, 0.1) is 5.92 Å². The first-order valence-corrected chi connectivity index (χ1v) is 10.6. The van der Waals surface area contributed by atoms with E-state index < -0.39 is 0 Å². The van der Waals surface area contributed by atoms with Crippen LogP contribution in [0.25, 0.3) is 0 Å². The molecule has 0 spiro atoms. The minimum atomic E-state index is -0.165. The van der Waals surface area contributed by atoms with E-state index in [-0.39, 0.29) is 24.4 Å². The summed E-state index contributed by atoms with van der Waals surface area (Å²) in [5, 5.41) is 5.88. The smallest absolute Gasteiger partial charge is 0.253 e. The molecule has 6 nitrogen and oxygen atoms in total. The second kappa shape index (κ2) is 10.4. The van der Waals surface area contributed by atoms with Crippen LogP contribution >= 0.6 is 0 Å². The Morgan fingerprint density at radius 2 is 1.73 bits per heavy atom. The lowest BCUT2D eigenvalue weighted by Crippen LogP contribution is -2.49. The van der Waals surface area contributed by atoms with Gasteiger partial charge in [-0.15, -0.1) is 0 Å². The third-order valence-electron chi connectivity index (χ3n) is 5.34. The molecule has 1 aliphatic heterocycles. The lowest BCUT2D eigenvalue weighted by atomic mass is 10.0. The summed E-state index contributed by atoms with van der Waals surface area (Å²) in [7, 11) is 2.11. The first-order chi connectivity index (χ1) is 14.4. The van der Waals surface area contributed by atoms with Gasteiger partial charge in [-0.3, -0.25) is 14.5 Å². The Bertz CT molecular complexity index is 853. The molecular weight excluding hydrogens is 376 g/mol. The van der Waals surface area contributed by atoms with Crippen LogP contribution in [0.3, 0.4) is 0 Å². The van der Waals surface area contributed by atoms with Crippen LogP contribution in [-0.4, -0.2) is 61.4 Å². The molecule has 30 heavy (non-hydrogen) atoms. The fraction of sp³-hybridized carbons (Fsp3) is 0.417. The Kier molecular flexibility index (Phi) is 7.60. The quantitative estimate of drug-likeness (QED) is 0.739. The maximum absolute atomic E-state index is 12.9. The average molecular weight is 409 g/mol. The van der Waals surface area contributed by atoms with Crippen molar-refractivity contribution in [2.45, 2.75) is 19.9 Å². The van der Waals surface area contributed by atoms with Gasteiger partial charge in [0, 0.05) is 32.2 Å². The number of nitrogens with one attached hydrogen (secondary N) is 2. The van der Waals surface area contributed by atoms with E-state index in [9.17, 15) is 9.59 Å². The number of likely N-dealkylation sites (N-methyl/N-ethyl adjacent to an activating group) is 1. The molecule has 1 atom stereocenters. The largest absolute Gasteiger partial charge is 0.352 e. The van der Waals surface area contributed by atoms with Crippen LogP contribution in [0.15, 0.2) is 54.6 Å². The standard InChI is InChI=1S/C24H32N4O2/c1-18(2)15-25-24(30)20-11-7-8-12-21(20)26-23(29)17-28-14-13-27(3)16-22(28)19-9-5-4-6-10-19/h4-12,18,22H,13-17H2,1-3H3,(H,25,30)(H,26,29). The molecule has 0 saturated carbocycles. The van der Waals surface area contributed by atoms with Gasteiger partial charge >= 0.3 is 0 Å². The fourth-order valence-corrected chi connectivity index (χ4v) is 3.69. The highest BCUT2D eigenvalue weighted by Gasteiger charge is 2.28. The van der Waals surface area contributed by atoms with Gasteiger partial charge in [0.05, 0.1) is 17.8 Å². The van der Waals surface area contributed by atoms with Crippen LogP contribution in [0.4, 0.5) is 5.69 Å². The molecule has 6 heteroatoms. The summed E-state index contributed by atoms with van der Waals surface area (Å²) in [6.07, 6.45) is 0. The van der Waals surface area contributed by atoms with E-state index >= 15 is 0 Å². The number of carbonyl (C=O) groups excluding carboxylic acids is 2. The number of para-hydroxylation sites is 1. The molecule has 1 aliphatic rings. The SMILES string of the molecule is CC(C)CNC(=O)c1ccccc1NC(=O)CN1CCN(C)CC1c1ccccc1. The Labute approximate surface area is 179 Å². The predicted octanol–water partition coefficient (Wildman–Crippen LogP) is 3.00. The topological polar surface area (TPSA) is 64.7 Å². The number of anilines is 1. The second-order valence-corrected chi connectivity index (χ2v) is 8.36. The van der Waals surface area contributed by atoms with Gasteiger partial charge < -0.3 is 15.5 Å². The van der Waals surface area contributed by atoms with E-state index in [0.717, 1.165) is 19.6 Å². The van der Waals surface area contributed by atoms with Crippen molar-refractivity contribution in [1.82, 2.24) is 15.1 Å². The van der Waals surface area contributed by atoms with E-state index in [1.165, 1.54) is 5.56 Å². The van der Waals surface area contributed by atoms with E-state index in [0.29, 0.717) is 23.7 Å². The van der Waals surface area contributed by atoms with Crippen LogP contribution in [-0.2, 0) is 4.79 Å². The van der Waals surface area contributed by atoms with E-state index in [1.807, 2.05) is 44.2 Å². The molecule has 2 amide bonds. The highest BCUT2D eigenvalue weighted by atomic mass is 16.2. The zero-order valence-electron chi connectivity index (χ0n) is 18.1. The number of piperazine rings is 1. The monoisotopic (exact) mass is 408 g/mol. The molecule has 0 radical (unpaired) electrons. The van der Waals surface area contributed by atoms with Crippen LogP contribution < -0.4 is 10.6 Å². The molecule has 1 unspecified atom stereocenters. The summed E-state index contributed by atoms with van der Waals surface area (Å²) in [5.41, 5.74) is 2.25. The van der Waals surface area contributed by atoms with Crippen LogP contribution in [0.5, 0.6) is 0 Å². The molecule has 1 saturated heterocycles. The van der Waals surface area contributed by atoms with Crippen molar-refractivity contribution in [3.05, 3.63) is 65.7 Å². The highest BCUT2D eigenvalue weighted by molar-refractivity contribution is 6.04. The zero-order valence-corrected chi connectivity index (χ0v) is 18.1. The third-order valence-corrected chi connectivity index (χ3v) is 5.34. The van der Waals surface area contributed by atoms with Crippen molar-refractivity contribution in [2.24, 2.45) is 5.92 Å². The van der Waals surface area contributed by atoms with Gasteiger partial charge in [0.2, 0.25) is 5.91 Å². The molecule has 1 heterocycles. The fourth-order valence-electron chi connectivity index (χ4n) is 3.69. The van der Waals surface area contributed by atoms with Crippen molar-refractivity contribution < 1.29 is 9.59 Å². The number of amides is 2. The van der Waals surface area contributed by atoms with Gasteiger partial charge in [-0.05, 0) is 30.7 Å². The van der Waals surface area contributed by atoms with Gasteiger partial charge in [0.15, 0.2) is 0 Å². The summed E-state index contributed by atoms with van der Waals surface area (Å²) < 4.78 is 0. The molecule has 0 aromatic heterocycles.